The highest BCUT2D eigenvalue weighted by atomic mass is 35.5. The second-order valence-corrected chi connectivity index (χ2v) is 10.0. The van der Waals surface area contributed by atoms with Crippen molar-refractivity contribution < 1.29 is 13.2 Å². The molecule has 0 N–H and O–H groups in total. The van der Waals surface area contributed by atoms with Crippen molar-refractivity contribution in [3.63, 3.8) is 0 Å². The SMILES string of the molecule is FC(F)(F)C1(C2CCSC2)CCSC1C1SCCC1Cl. The van der Waals surface area contributed by atoms with E-state index >= 15 is 0 Å². The molecule has 0 radical (unpaired) electrons. The van der Waals surface area contributed by atoms with Gasteiger partial charge in [-0.3, -0.25) is 0 Å². The fraction of sp³-hybridized carbons (Fsp3) is 1.00. The molecular formula is C13H18ClF3S3. The average Bonchev–Trinajstić information content (AvgIpc) is 3.05. The zero-order valence-electron chi connectivity index (χ0n) is 11.0. The van der Waals surface area contributed by atoms with Crippen molar-refractivity contribution >= 4 is 46.9 Å². The number of hydrogen-bond donors (Lipinski definition) is 0. The van der Waals surface area contributed by atoms with Gasteiger partial charge in [0.15, 0.2) is 0 Å². The Balaban J connectivity index is 1.94. The lowest BCUT2D eigenvalue weighted by Gasteiger charge is -2.44. The first-order valence-electron chi connectivity index (χ1n) is 6.98. The van der Waals surface area contributed by atoms with Crippen LogP contribution in [0.25, 0.3) is 0 Å². The van der Waals surface area contributed by atoms with Crippen molar-refractivity contribution in [3.05, 3.63) is 0 Å². The van der Waals surface area contributed by atoms with Crippen LogP contribution >= 0.6 is 46.9 Å². The summed E-state index contributed by atoms with van der Waals surface area (Å²) in [6.07, 6.45) is -2.25. The van der Waals surface area contributed by atoms with E-state index in [0.29, 0.717) is 17.9 Å². The van der Waals surface area contributed by atoms with Crippen molar-refractivity contribution in [2.24, 2.45) is 11.3 Å². The van der Waals surface area contributed by atoms with Gasteiger partial charge in [0.2, 0.25) is 0 Å². The third kappa shape index (κ3) is 2.50. The number of rotatable bonds is 2. The molecule has 7 heteroatoms. The van der Waals surface area contributed by atoms with Gasteiger partial charge >= 0.3 is 6.18 Å². The Labute approximate surface area is 135 Å². The summed E-state index contributed by atoms with van der Waals surface area (Å²) in [4.78, 5) is 0. The van der Waals surface area contributed by atoms with Crippen LogP contribution in [0.2, 0.25) is 0 Å². The third-order valence-corrected chi connectivity index (χ3v) is 9.81. The van der Waals surface area contributed by atoms with Gasteiger partial charge in [0, 0.05) is 15.9 Å². The molecule has 3 aliphatic rings. The van der Waals surface area contributed by atoms with Crippen LogP contribution in [0, 0.1) is 11.3 Å². The first-order chi connectivity index (χ1) is 9.47. The molecule has 5 unspecified atom stereocenters. The van der Waals surface area contributed by atoms with Gasteiger partial charge in [0.1, 0.15) is 0 Å². The summed E-state index contributed by atoms with van der Waals surface area (Å²) in [7, 11) is 0. The Morgan fingerprint density at radius 3 is 2.40 bits per heavy atom. The summed E-state index contributed by atoms with van der Waals surface area (Å²) in [5.74, 6) is 2.87. The minimum Gasteiger partial charge on any atom is -0.170 e. The maximum Gasteiger partial charge on any atom is 0.395 e. The Morgan fingerprint density at radius 1 is 1.05 bits per heavy atom. The average molecular weight is 363 g/mol. The van der Waals surface area contributed by atoms with Crippen LogP contribution in [0.3, 0.4) is 0 Å². The fourth-order valence-corrected chi connectivity index (χ4v) is 9.59. The summed E-state index contributed by atoms with van der Waals surface area (Å²) >= 11 is 11.2. The van der Waals surface area contributed by atoms with E-state index in [1.54, 1.807) is 23.5 Å². The Kier molecular flexibility index (Phi) is 4.78. The Morgan fingerprint density at radius 2 is 1.85 bits per heavy atom. The van der Waals surface area contributed by atoms with Crippen molar-refractivity contribution in [2.45, 2.75) is 41.3 Å². The molecule has 0 amide bonds. The molecule has 20 heavy (non-hydrogen) atoms. The van der Waals surface area contributed by atoms with Crippen LogP contribution in [-0.4, -0.2) is 45.1 Å². The van der Waals surface area contributed by atoms with Gasteiger partial charge in [-0.05, 0) is 48.2 Å². The number of alkyl halides is 4. The highest BCUT2D eigenvalue weighted by Crippen LogP contribution is 2.63. The molecule has 0 aromatic rings. The van der Waals surface area contributed by atoms with Crippen LogP contribution in [-0.2, 0) is 0 Å². The van der Waals surface area contributed by atoms with Gasteiger partial charge < -0.3 is 0 Å². The lowest BCUT2D eigenvalue weighted by Crippen LogP contribution is -2.53. The van der Waals surface area contributed by atoms with Crippen LogP contribution < -0.4 is 0 Å². The van der Waals surface area contributed by atoms with E-state index in [2.05, 4.69) is 0 Å². The van der Waals surface area contributed by atoms with Gasteiger partial charge in [-0.2, -0.15) is 48.5 Å². The smallest absolute Gasteiger partial charge is 0.170 e. The standard InChI is InChI=1S/C13H18ClF3S3/c14-9-2-5-19-10(9)11-12(3-6-20-11,13(15,16)17)8-1-4-18-7-8/h8-11H,1-7H2. The van der Waals surface area contributed by atoms with Crippen molar-refractivity contribution in [2.75, 3.05) is 23.0 Å². The van der Waals surface area contributed by atoms with Gasteiger partial charge in [0.25, 0.3) is 0 Å². The summed E-state index contributed by atoms with van der Waals surface area (Å²) < 4.78 is 42.1. The van der Waals surface area contributed by atoms with E-state index in [1.165, 1.54) is 11.8 Å². The molecule has 0 aliphatic carbocycles. The molecule has 116 valence electrons. The van der Waals surface area contributed by atoms with Crippen molar-refractivity contribution in [3.8, 4) is 0 Å². The zero-order valence-corrected chi connectivity index (χ0v) is 14.2. The van der Waals surface area contributed by atoms with Crippen molar-refractivity contribution in [1.82, 2.24) is 0 Å². The maximum atomic E-state index is 14.0. The lowest BCUT2D eigenvalue weighted by atomic mass is 9.68. The predicted molar refractivity (Wildman–Crippen MR) is 85.3 cm³/mol. The van der Waals surface area contributed by atoms with Crippen LogP contribution in [0.5, 0.6) is 0 Å². The summed E-state index contributed by atoms with van der Waals surface area (Å²) in [6.45, 7) is 0. The monoisotopic (exact) mass is 362 g/mol. The maximum absolute atomic E-state index is 14.0. The minimum absolute atomic E-state index is 0.0311. The lowest BCUT2D eigenvalue weighted by molar-refractivity contribution is -0.239. The molecule has 3 fully saturated rings. The second kappa shape index (κ2) is 5.97. The van der Waals surface area contributed by atoms with Crippen molar-refractivity contribution in [1.29, 1.82) is 0 Å². The van der Waals surface area contributed by atoms with E-state index in [-0.39, 0.29) is 28.2 Å². The van der Waals surface area contributed by atoms with Gasteiger partial charge in [-0.1, -0.05) is 0 Å². The van der Waals surface area contributed by atoms with Crippen LogP contribution in [0.15, 0.2) is 0 Å². The first-order valence-corrected chi connectivity index (χ1v) is 10.7. The molecule has 0 spiro atoms. The molecule has 3 saturated heterocycles. The highest BCUT2D eigenvalue weighted by molar-refractivity contribution is 8.04. The number of thioether (sulfide) groups is 3. The normalized spacial score (nSPS) is 46.2. The predicted octanol–water partition coefficient (Wildman–Crippen LogP) is 4.91. The molecule has 0 bridgehead atoms. The van der Waals surface area contributed by atoms with Gasteiger partial charge in [-0.25, -0.2) is 0 Å². The molecule has 3 rings (SSSR count). The Bertz CT molecular complexity index is 359. The zero-order chi connectivity index (χ0) is 14.4. The van der Waals surface area contributed by atoms with Gasteiger partial charge in [-0.15, -0.1) is 11.6 Å². The molecule has 0 saturated carbocycles. The fourth-order valence-electron chi connectivity index (χ4n) is 3.81. The number of halogens is 4. The molecule has 0 nitrogen and oxygen atoms in total. The van der Waals surface area contributed by atoms with E-state index < -0.39 is 11.6 Å². The third-order valence-electron chi connectivity index (χ3n) is 4.87. The number of hydrogen-bond acceptors (Lipinski definition) is 3. The first kappa shape index (κ1) is 16.0. The molecule has 3 aliphatic heterocycles. The summed E-state index contributed by atoms with van der Waals surface area (Å²) in [5.41, 5.74) is -1.49. The topological polar surface area (TPSA) is 0 Å². The van der Waals surface area contributed by atoms with Gasteiger partial charge in [0.05, 0.1) is 5.41 Å². The van der Waals surface area contributed by atoms with Crippen LogP contribution in [0.1, 0.15) is 19.3 Å². The van der Waals surface area contributed by atoms with Crippen LogP contribution in [0.4, 0.5) is 13.2 Å². The second-order valence-electron chi connectivity index (χ2n) is 5.78. The minimum atomic E-state index is -4.10. The summed E-state index contributed by atoms with van der Waals surface area (Å²) in [6, 6.07) is 0. The van der Waals surface area contributed by atoms with E-state index in [4.69, 9.17) is 11.6 Å². The van der Waals surface area contributed by atoms with E-state index in [1.807, 2.05) is 0 Å². The molecule has 0 aromatic carbocycles. The Hall–Kier alpha value is 1.13. The molecular weight excluding hydrogens is 345 g/mol. The molecule has 5 atom stereocenters. The van der Waals surface area contributed by atoms with E-state index in [0.717, 1.165) is 17.9 Å². The van der Waals surface area contributed by atoms with E-state index in [9.17, 15) is 13.2 Å². The highest BCUT2D eigenvalue weighted by Gasteiger charge is 2.67. The molecule has 0 aromatic heterocycles. The largest absolute Gasteiger partial charge is 0.395 e. The summed E-state index contributed by atoms with van der Waals surface area (Å²) in [5, 5.41) is -0.469. The molecule has 3 heterocycles. The quantitative estimate of drug-likeness (QED) is 0.641.